The molecule has 5 heteroatoms. The Kier molecular flexibility index (Phi) is 5.24. The van der Waals surface area contributed by atoms with Crippen LogP contribution in [0.2, 0.25) is 0 Å². The zero-order valence-electron chi connectivity index (χ0n) is 12.5. The number of nitrogens with zero attached hydrogens (tertiary/aromatic N) is 1. The minimum atomic E-state index is -3.48. The van der Waals surface area contributed by atoms with Crippen molar-refractivity contribution in [1.82, 2.24) is 0 Å². The van der Waals surface area contributed by atoms with Crippen LogP contribution in [0.15, 0.2) is 56.9 Å². The van der Waals surface area contributed by atoms with Gasteiger partial charge in [0.1, 0.15) is 0 Å². The zero-order chi connectivity index (χ0) is 14.9. The summed E-state index contributed by atoms with van der Waals surface area (Å²) < 4.78 is 25.9. The van der Waals surface area contributed by atoms with Crippen molar-refractivity contribution >= 4 is 28.5 Å². The van der Waals surface area contributed by atoms with Crippen LogP contribution in [-0.4, -0.2) is 14.6 Å². The molecule has 1 aliphatic heterocycles. The van der Waals surface area contributed by atoms with Gasteiger partial charge in [0, 0.05) is 18.0 Å². The first-order valence-electron chi connectivity index (χ1n) is 7.40. The molecule has 2 aliphatic rings. The van der Waals surface area contributed by atoms with E-state index in [-0.39, 0.29) is 12.4 Å². The molecule has 0 radical (unpaired) electrons. The Morgan fingerprint density at radius 2 is 2.05 bits per heavy atom. The van der Waals surface area contributed by atoms with E-state index in [4.69, 9.17) is 0 Å². The number of aliphatic imine (C=N–C) groups is 1. The SMILES string of the molecule is CCC1CCC=C(C2=CN=Cc3ccccc3S2(=O)=O)C1.Cl. The van der Waals surface area contributed by atoms with Gasteiger partial charge in [-0.15, -0.1) is 12.4 Å². The third-order valence-electron chi connectivity index (χ3n) is 4.27. The van der Waals surface area contributed by atoms with E-state index in [2.05, 4.69) is 18.0 Å². The van der Waals surface area contributed by atoms with Crippen LogP contribution in [0, 0.1) is 5.92 Å². The summed E-state index contributed by atoms with van der Waals surface area (Å²) in [6.07, 6.45) is 9.22. The number of allylic oxidation sites excluding steroid dienone is 2. The first-order chi connectivity index (χ1) is 10.1. The Morgan fingerprint density at radius 3 is 2.82 bits per heavy atom. The summed E-state index contributed by atoms with van der Waals surface area (Å²) in [5.74, 6) is 0.573. The van der Waals surface area contributed by atoms with Gasteiger partial charge in [-0.25, -0.2) is 8.42 Å². The molecule has 0 aromatic heterocycles. The molecule has 1 heterocycles. The molecule has 0 amide bonds. The number of sulfone groups is 1. The van der Waals surface area contributed by atoms with Gasteiger partial charge in [-0.2, -0.15) is 0 Å². The Hall–Kier alpha value is -1.39. The highest BCUT2D eigenvalue weighted by atomic mass is 35.5. The van der Waals surface area contributed by atoms with Crippen LogP contribution in [0.3, 0.4) is 0 Å². The lowest BCUT2D eigenvalue weighted by molar-refractivity contribution is 0.455. The van der Waals surface area contributed by atoms with Crippen molar-refractivity contribution in [3.8, 4) is 0 Å². The molecule has 0 saturated heterocycles. The average Bonchev–Trinajstić information content (AvgIpc) is 2.64. The summed E-state index contributed by atoms with van der Waals surface area (Å²) in [7, 11) is -3.48. The van der Waals surface area contributed by atoms with Gasteiger partial charge in [0.25, 0.3) is 0 Å². The molecule has 118 valence electrons. The van der Waals surface area contributed by atoms with Crippen molar-refractivity contribution in [1.29, 1.82) is 0 Å². The maximum absolute atomic E-state index is 12.9. The van der Waals surface area contributed by atoms with Crippen LogP contribution in [0.5, 0.6) is 0 Å². The van der Waals surface area contributed by atoms with E-state index in [9.17, 15) is 8.42 Å². The zero-order valence-corrected chi connectivity index (χ0v) is 14.2. The van der Waals surface area contributed by atoms with Gasteiger partial charge in [0.05, 0.1) is 9.80 Å². The van der Waals surface area contributed by atoms with E-state index in [0.717, 1.165) is 31.3 Å². The fourth-order valence-electron chi connectivity index (χ4n) is 3.00. The molecule has 22 heavy (non-hydrogen) atoms. The standard InChI is InChI=1S/C17H19NO2S.ClH/c1-2-13-6-5-8-14(10-13)17-12-18-11-15-7-3-4-9-16(15)21(17,19)20;/h3-4,7-9,11-13H,2,5-6,10H2,1H3;1H. The normalized spacial score (nSPS) is 22.7. The van der Waals surface area contributed by atoms with Crippen molar-refractivity contribution in [2.75, 3.05) is 0 Å². The number of benzene rings is 1. The minimum Gasteiger partial charge on any atom is -0.263 e. The Bertz CT molecular complexity index is 748. The molecule has 0 N–H and O–H groups in total. The molecule has 3 rings (SSSR count). The Labute approximate surface area is 138 Å². The lowest BCUT2D eigenvalue weighted by Gasteiger charge is -2.22. The third kappa shape index (κ3) is 3.03. The fourth-order valence-corrected chi connectivity index (χ4v) is 4.64. The molecule has 1 unspecified atom stereocenters. The first kappa shape index (κ1) is 17.0. The highest BCUT2D eigenvalue weighted by Gasteiger charge is 2.29. The number of halogens is 1. The van der Waals surface area contributed by atoms with Crippen molar-refractivity contribution in [2.24, 2.45) is 10.9 Å². The second-order valence-electron chi connectivity index (χ2n) is 5.60. The molecule has 0 bridgehead atoms. The molecule has 1 aliphatic carbocycles. The van der Waals surface area contributed by atoms with Gasteiger partial charge in [-0.3, -0.25) is 4.99 Å². The lowest BCUT2D eigenvalue weighted by atomic mass is 9.87. The average molecular weight is 338 g/mol. The van der Waals surface area contributed by atoms with Gasteiger partial charge < -0.3 is 0 Å². The van der Waals surface area contributed by atoms with E-state index >= 15 is 0 Å². The Balaban J connectivity index is 0.00000176. The van der Waals surface area contributed by atoms with Crippen LogP contribution in [0.25, 0.3) is 0 Å². The quantitative estimate of drug-likeness (QED) is 0.808. The molecular weight excluding hydrogens is 318 g/mol. The summed E-state index contributed by atoms with van der Waals surface area (Å²) in [6, 6.07) is 7.05. The summed E-state index contributed by atoms with van der Waals surface area (Å²) >= 11 is 0. The Morgan fingerprint density at radius 1 is 1.27 bits per heavy atom. The summed E-state index contributed by atoms with van der Waals surface area (Å²) in [5.41, 5.74) is 1.59. The van der Waals surface area contributed by atoms with Crippen molar-refractivity contribution in [2.45, 2.75) is 37.5 Å². The largest absolute Gasteiger partial charge is 0.263 e. The topological polar surface area (TPSA) is 46.5 Å². The molecule has 0 fully saturated rings. The van der Waals surface area contributed by atoms with Gasteiger partial charge in [-0.05, 0) is 36.8 Å². The van der Waals surface area contributed by atoms with E-state index < -0.39 is 9.84 Å². The lowest BCUT2D eigenvalue weighted by Crippen LogP contribution is -2.13. The summed E-state index contributed by atoms with van der Waals surface area (Å²) in [4.78, 5) is 4.94. The molecule has 1 aromatic rings. The van der Waals surface area contributed by atoms with E-state index in [1.807, 2.05) is 6.07 Å². The molecular formula is C17H20ClNO2S. The fraction of sp³-hybridized carbons (Fsp3) is 0.353. The second kappa shape index (κ2) is 6.80. The van der Waals surface area contributed by atoms with Gasteiger partial charge in [-0.1, -0.05) is 37.6 Å². The van der Waals surface area contributed by atoms with Gasteiger partial charge >= 0.3 is 0 Å². The summed E-state index contributed by atoms with van der Waals surface area (Å²) in [5, 5.41) is 0. The smallest absolute Gasteiger partial charge is 0.209 e. The monoisotopic (exact) mass is 337 g/mol. The van der Waals surface area contributed by atoms with Crippen LogP contribution in [0.1, 0.15) is 38.2 Å². The number of hydrogen-bond acceptors (Lipinski definition) is 3. The van der Waals surface area contributed by atoms with Crippen LogP contribution in [-0.2, 0) is 9.84 Å². The molecule has 1 aromatic carbocycles. The molecule has 3 nitrogen and oxygen atoms in total. The predicted octanol–water partition coefficient (Wildman–Crippen LogP) is 4.29. The summed E-state index contributed by atoms with van der Waals surface area (Å²) in [6.45, 7) is 2.16. The van der Waals surface area contributed by atoms with Crippen LogP contribution in [0.4, 0.5) is 0 Å². The molecule has 0 saturated carbocycles. The predicted molar refractivity (Wildman–Crippen MR) is 92.3 cm³/mol. The van der Waals surface area contributed by atoms with Crippen molar-refractivity contribution in [3.63, 3.8) is 0 Å². The first-order valence-corrected chi connectivity index (χ1v) is 8.88. The number of fused-ring (bicyclic) bond motifs is 1. The molecule has 0 spiro atoms. The second-order valence-corrected chi connectivity index (χ2v) is 7.48. The van der Waals surface area contributed by atoms with Crippen LogP contribution >= 0.6 is 12.4 Å². The van der Waals surface area contributed by atoms with Gasteiger partial charge in [0.15, 0.2) is 0 Å². The third-order valence-corrected chi connectivity index (χ3v) is 6.17. The maximum atomic E-state index is 12.9. The minimum absolute atomic E-state index is 0. The van der Waals surface area contributed by atoms with E-state index in [1.165, 1.54) is 6.20 Å². The highest BCUT2D eigenvalue weighted by molar-refractivity contribution is 7.95. The van der Waals surface area contributed by atoms with E-state index in [0.29, 0.717) is 21.3 Å². The van der Waals surface area contributed by atoms with E-state index in [1.54, 1.807) is 24.4 Å². The number of hydrogen-bond donors (Lipinski definition) is 0. The van der Waals surface area contributed by atoms with Crippen molar-refractivity contribution in [3.05, 3.63) is 52.6 Å². The van der Waals surface area contributed by atoms with Crippen LogP contribution < -0.4 is 0 Å². The molecule has 1 atom stereocenters. The number of rotatable bonds is 2. The van der Waals surface area contributed by atoms with Gasteiger partial charge in [0.2, 0.25) is 9.84 Å². The maximum Gasteiger partial charge on any atom is 0.209 e. The van der Waals surface area contributed by atoms with Crippen molar-refractivity contribution < 1.29 is 8.42 Å². The highest BCUT2D eigenvalue weighted by Crippen LogP contribution is 2.36.